The standard InChI is InChI=1S/C39H39N5O4S/c1-47-32-25-44-37(48-26-32)35(24-40-44)49(46,42-38(45)41-36-33-21-11-13-27(33)23-28-14-12-22-34(28)36)43-39(29-15-5-2-6-16-29,30-17-7-3-8-18-30)31-19-9-4-10-20-31/h2-10,15-20,23-24,32H,11-14,21-22,25-26H2,1H3,(H2,41,42,43,45,46)/t32-,49?/m0/s1. The number of anilines is 1. The molecule has 2 amide bonds. The zero-order valence-electron chi connectivity index (χ0n) is 27.4. The number of hydrogen-bond acceptors (Lipinski definition) is 6. The molecule has 0 spiro atoms. The summed E-state index contributed by atoms with van der Waals surface area (Å²) in [6, 6.07) is 31.1. The minimum Gasteiger partial charge on any atom is -0.474 e. The molecule has 2 heterocycles. The van der Waals surface area contributed by atoms with E-state index in [0.29, 0.717) is 12.4 Å². The van der Waals surface area contributed by atoms with Crippen molar-refractivity contribution in [3.63, 3.8) is 0 Å². The summed E-state index contributed by atoms with van der Waals surface area (Å²) >= 11 is 0. The second kappa shape index (κ2) is 12.8. The van der Waals surface area contributed by atoms with Gasteiger partial charge in [-0.3, -0.25) is 0 Å². The first-order chi connectivity index (χ1) is 24.0. The molecule has 2 N–H and O–H groups in total. The van der Waals surface area contributed by atoms with Crippen molar-refractivity contribution in [1.29, 1.82) is 0 Å². The summed E-state index contributed by atoms with van der Waals surface area (Å²) in [5.41, 5.74) is 6.91. The van der Waals surface area contributed by atoms with Crippen LogP contribution in [0.25, 0.3) is 0 Å². The van der Waals surface area contributed by atoms with Gasteiger partial charge in [0.25, 0.3) is 0 Å². The van der Waals surface area contributed by atoms with Crippen LogP contribution < -0.4 is 14.8 Å². The molecule has 2 aliphatic carbocycles. The van der Waals surface area contributed by atoms with Gasteiger partial charge in [0.1, 0.15) is 23.1 Å². The first kappa shape index (κ1) is 31.3. The predicted molar refractivity (Wildman–Crippen MR) is 189 cm³/mol. The highest BCUT2D eigenvalue weighted by Gasteiger charge is 2.41. The number of aryl methyl sites for hydroxylation is 2. The topological polar surface area (TPSA) is 107 Å². The number of aromatic nitrogens is 2. The number of carbonyl (C=O) groups excluding carboxylic acids is 1. The lowest BCUT2D eigenvalue weighted by Gasteiger charge is -2.33. The number of methoxy groups -OCH3 is 1. The van der Waals surface area contributed by atoms with E-state index in [9.17, 15) is 4.79 Å². The average molecular weight is 674 g/mol. The maximum Gasteiger partial charge on any atom is 0.331 e. The zero-order valence-corrected chi connectivity index (χ0v) is 28.2. The summed E-state index contributed by atoms with van der Waals surface area (Å²) in [5, 5.41) is 7.74. The van der Waals surface area contributed by atoms with Crippen molar-refractivity contribution in [3.8, 4) is 5.88 Å². The minimum atomic E-state index is -3.83. The van der Waals surface area contributed by atoms with Crippen LogP contribution >= 0.6 is 0 Å². The highest BCUT2D eigenvalue weighted by atomic mass is 32.2. The van der Waals surface area contributed by atoms with E-state index in [0.717, 1.165) is 60.9 Å². The fraction of sp³-hybridized carbons (Fsp3) is 0.282. The van der Waals surface area contributed by atoms with Crippen molar-refractivity contribution in [2.45, 2.75) is 61.6 Å². The van der Waals surface area contributed by atoms with Gasteiger partial charge in [-0.1, -0.05) is 97.1 Å². The summed E-state index contributed by atoms with van der Waals surface area (Å²) in [4.78, 5) is 14.5. The molecule has 0 saturated heterocycles. The van der Waals surface area contributed by atoms with E-state index in [1.165, 1.54) is 28.5 Å². The summed E-state index contributed by atoms with van der Waals surface area (Å²) in [6.45, 7) is 0.664. The van der Waals surface area contributed by atoms with Gasteiger partial charge in [0, 0.05) is 12.8 Å². The van der Waals surface area contributed by atoms with Gasteiger partial charge in [0.05, 0.1) is 12.7 Å². The van der Waals surface area contributed by atoms with Crippen LogP contribution in [0, 0.1) is 0 Å². The van der Waals surface area contributed by atoms with Gasteiger partial charge >= 0.3 is 6.03 Å². The van der Waals surface area contributed by atoms with E-state index < -0.39 is 21.5 Å². The number of carbonyl (C=O) groups is 1. The number of ether oxygens (including phenoxy) is 2. The van der Waals surface area contributed by atoms with E-state index in [1.807, 2.05) is 91.0 Å². The molecular weight excluding hydrogens is 635 g/mol. The molecule has 10 heteroatoms. The lowest BCUT2D eigenvalue weighted by Crippen LogP contribution is -2.39. The van der Waals surface area contributed by atoms with Gasteiger partial charge < -0.3 is 14.8 Å². The van der Waals surface area contributed by atoms with Crippen LogP contribution in [0.5, 0.6) is 5.88 Å². The SMILES string of the molecule is CO[C@@H]1COc2c(S(=O)(=NC(c3ccccc3)(c3ccccc3)c3ccccc3)NC(=O)Nc3c4c(cc5c3CCC5)CCC4)cnn2C1. The van der Waals surface area contributed by atoms with Crippen LogP contribution in [0.15, 0.2) is 113 Å². The summed E-state index contributed by atoms with van der Waals surface area (Å²) in [5.74, 6) is 0.298. The van der Waals surface area contributed by atoms with Crippen LogP contribution in [0.4, 0.5) is 10.5 Å². The van der Waals surface area contributed by atoms with E-state index in [1.54, 1.807) is 11.8 Å². The number of amides is 2. The van der Waals surface area contributed by atoms with Gasteiger partial charge in [0.15, 0.2) is 9.92 Å². The molecule has 1 unspecified atom stereocenters. The smallest absolute Gasteiger partial charge is 0.331 e. The number of rotatable bonds is 8. The lowest BCUT2D eigenvalue weighted by molar-refractivity contribution is 0.0165. The molecule has 49 heavy (non-hydrogen) atoms. The Morgan fingerprint density at radius 2 is 1.43 bits per heavy atom. The number of urea groups is 1. The highest BCUT2D eigenvalue weighted by Crippen LogP contribution is 2.44. The molecule has 250 valence electrons. The van der Waals surface area contributed by atoms with E-state index in [4.69, 9.17) is 13.8 Å². The van der Waals surface area contributed by atoms with E-state index >= 15 is 4.21 Å². The molecule has 9 nitrogen and oxygen atoms in total. The molecule has 0 saturated carbocycles. The van der Waals surface area contributed by atoms with Crippen molar-refractivity contribution >= 4 is 21.6 Å². The molecule has 0 fully saturated rings. The van der Waals surface area contributed by atoms with Crippen LogP contribution in [0.2, 0.25) is 0 Å². The van der Waals surface area contributed by atoms with Crippen molar-refractivity contribution in [1.82, 2.24) is 14.5 Å². The Bertz CT molecular complexity index is 2000. The normalized spacial score (nSPS) is 17.6. The monoisotopic (exact) mass is 673 g/mol. The molecule has 4 aromatic carbocycles. The fourth-order valence-corrected chi connectivity index (χ4v) is 9.48. The molecular formula is C39H39N5O4S. The third-order valence-electron chi connectivity index (χ3n) is 9.96. The zero-order chi connectivity index (χ0) is 33.4. The van der Waals surface area contributed by atoms with Gasteiger partial charge in [-0.15, -0.1) is 0 Å². The van der Waals surface area contributed by atoms with Crippen LogP contribution in [0.3, 0.4) is 0 Å². The maximum absolute atomic E-state index is 16.0. The van der Waals surface area contributed by atoms with Crippen LogP contribution in [0.1, 0.15) is 51.8 Å². The van der Waals surface area contributed by atoms with Crippen LogP contribution in [-0.2, 0) is 52.4 Å². The second-order valence-corrected chi connectivity index (χ2v) is 14.8. The third-order valence-corrected chi connectivity index (χ3v) is 11.8. The van der Waals surface area contributed by atoms with Crippen LogP contribution in [-0.4, -0.2) is 39.8 Å². The average Bonchev–Trinajstić information content (AvgIpc) is 3.92. The predicted octanol–water partition coefficient (Wildman–Crippen LogP) is 6.82. The Morgan fingerprint density at radius 1 is 0.878 bits per heavy atom. The third kappa shape index (κ3) is 5.58. The number of nitrogens with zero attached hydrogens (tertiary/aromatic N) is 3. The van der Waals surface area contributed by atoms with Gasteiger partial charge in [-0.05, 0) is 77.5 Å². The molecule has 3 aliphatic rings. The molecule has 8 rings (SSSR count). The minimum absolute atomic E-state index is 0.202. The summed E-state index contributed by atoms with van der Waals surface area (Å²) in [6.07, 6.45) is 7.20. The van der Waals surface area contributed by atoms with Crippen molar-refractivity contribution in [2.75, 3.05) is 19.0 Å². The first-order valence-electron chi connectivity index (χ1n) is 16.9. The fourth-order valence-electron chi connectivity index (χ4n) is 7.63. The number of nitrogens with one attached hydrogen (secondary N) is 2. The highest BCUT2D eigenvalue weighted by molar-refractivity contribution is 7.92. The maximum atomic E-state index is 16.0. The van der Waals surface area contributed by atoms with E-state index in [2.05, 4.69) is 21.2 Å². The van der Waals surface area contributed by atoms with Crippen molar-refractivity contribution in [2.24, 2.45) is 4.36 Å². The molecule has 5 aromatic rings. The molecule has 0 bridgehead atoms. The van der Waals surface area contributed by atoms with Crippen molar-refractivity contribution < 1.29 is 18.5 Å². The Hall–Kier alpha value is -4.93. The molecule has 1 aromatic heterocycles. The number of hydrogen-bond donors (Lipinski definition) is 2. The van der Waals surface area contributed by atoms with Gasteiger partial charge in [-0.2, -0.15) is 9.46 Å². The molecule has 1 aliphatic heterocycles. The lowest BCUT2D eigenvalue weighted by atomic mass is 9.78. The molecule has 2 atom stereocenters. The van der Waals surface area contributed by atoms with Crippen molar-refractivity contribution in [3.05, 3.63) is 142 Å². The largest absolute Gasteiger partial charge is 0.474 e. The number of benzene rings is 4. The first-order valence-corrected chi connectivity index (χ1v) is 18.4. The van der Waals surface area contributed by atoms with Gasteiger partial charge in [0.2, 0.25) is 5.88 Å². The van der Waals surface area contributed by atoms with Gasteiger partial charge in [-0.25, -0.2) is 18.4 Å². The summed E-state index contributed by atoms with van der Waals surface area (Å²) in [7, 11) is -2.20. The van der Waals surface area contributed by atoms with E-state index in [-0.39, 0.29) is 17.6 Å². The Balaban J connectivity index is 1.34. The quantitative estimate of drug-likeness (QED) is 0.176. The Kier molecular flexibility index (Phi) is 8.21. The number of fused-ring (bicyclic) bond motifs is 3. The Morgan fingerprint density at radius 3 is 1.96 bits per heavy atom. The second-order valence-electron chi connectivity index (χ2n) is 12.9. The Labute approximate surface area is 287 Å². The molecule has 0 radical (unpaired) electrons. The summed E-state index contributed by atoms with van der Waals surface area (Å²) < 4.78 is 37.6.